The van der Waals surface area contributed by atoms with Gasteiger partial charge in [-0.3, -0.25) is 9.78 Å². The summed E-state index contributed by atoms with van der Waals surface area (Å²) < 4.78 is 26.8. The van der Waals surface area contributed by atoms with Crippen LogP contribution in [-0.4, -0.2) is 34.8 Å². The molecule has 1 N–H and O–H groups in total. The Labute approximate surface area is 200 Å². The second-order valence-corrected chi connectivity index (χ2v) is 10.3. The van der Waals surface area contributed by atoms with Crippen LogP contribution in [0, 0.1) is 0 Å². The van der Waals surface area contributed by atoms with Crippen molar-refractivity contribution >= 4 is 27.8 Å². The second-order valence-electron chi connectivity index (χ2n) is 7.87. The summed E-state index contributed by atoms with van der Waals surface area (Å²) in [6.07, 6.45) is 6.49. The molecule has 0 radical (unpaired) electrons. The Morgan fingerprint density at radius 3 is 2.33 bits per heavy atom. The van der Waals surface area contributed by atoms with Crippen molar-refractivity contribution < 1.29 is 18.3 Å². The van der Waals surface area contributed by atoms with Crippen molar-refractivity contribution in [2.24, 2.45) is 0 Å². The second kappa shape index (κ2) is 11.9. The SMILES string of the molecule is O=C(O)CCc1ccc(C(CCCc2cccnc2)CN(Cl)S(=O)(=O)c2ccccc2)cc1. The van der Waals surface area contributed by atoms with E-state index in [1.165, 1.54) is 12.1 Å². The zero-order valence-electron chi connectivity index (χ0n) is 18.2. The number of aliphatic carboxylic acids is 1. The predicted octanol–water partition coefficient (Wildman–Crippen LogP) is 5.05. The van der Waals surface area contributed by atoms with Gasteiger partial charge < -0.3 is 5.11 Å². The average molecular weight is 487 g/mol. The van der Waals surface area contributed by atoms with Crippen LogP contribution in [0.3, 0.4) is 0 Å². The van der Waals surface area contributed by atoms with Gasteiger partial charge >= 0.3 is 5.97 Å². The maximum Gasteiger partial charge on any atom is 0.303 e. The molecule has 1 unspecified atom stereocenters. The summed E-state index contributed by atoms with van der Waals surface area (Å²) >= 11 is 6.33. The van der Waals surface area contributed by atoms with Gasteiger partial charge in [0.05, 0.1) is 4.90 Å². The van der Waals surface area contributed by atoms with E-state index < -0.39 is 16.0 Å². The number of aromatic nitrogens is 1. The summed E-state index contributed by atoms with van der Waals surface area (Å²) in [5.74, 6) is -0.956. The van der Waals surface area contributed by atoms with Crippen molar-refractivity contribution in [2.45, 2.75) is 42.9 Å². The first-order chi connectivity index (χ1) is 15.9. The van der Waals surface area contributed by atoms with E-state index in [4.69, 9.17) is 16.9 Å². The lowest BCUT2D eigenvalue weighted by Gasteiger charge is -2.23. The van der Waals surface area contributed by atoms with Crippen molar-refractivity contribution in [3.63, 3.8) is 0 Å². The molecule has 2 aromatic carbocycles. The van der Waals surface area contributed by atoms with E-state index in [2.05, 4.69) is 4.98 Å². The summed E-state index contributed by atoms with van der Waals surface area (Å²) in [5.41, 5.74) is 3.02. The minimum Gasteiger partial charge on any atom is -0.481 e. The number of carboxylic acids is 1. The molecule has 174 valence electrons. The van der Waals surface area contributed by atoms with E-state index in [1.54, 1.807) is 24.4 Å². The molecular formula is C25H27ClN2O4S. The number of hydrogen-bond acceptors (Lipinski definition) is 4. The van der Waals surface area contributed by atoms with Crippen molar-refractivity contribution in [3.8, 4) is 0 Å². The predicted molar refractivity (Wildman–Crippen MR) is 129 cm³/mol. The number of sulfonamides is 1. The molecule has 1 aromatic heterocycles. The number of rotatable bonds is 12. The first-order valence-corrected chi connectivity index (χ1v) is 12.6. The van der Waals surface area contributed by atoms with Gasteiger partial charge in [0.15, 0.2) is 0 Å². The summed E-state index contributed by atoms with van der Waals surface area (Å²) in [5, 5.41) is 8.90. The van der Waals surface area contributed by atoms with Gasteiger partial charge in [0.2, 0.25) is 0 Å². The largest absolute Gasteiger partial charge is 0.481 e. The molecule has 33 heavy (non-hydrogen) atoms. The molecule has 8 heteroatoms. The Balaban J connectivity index is 1.75. The number of nitrogens with zero attached hydrogens (tertiary/aromatic N) is 2. The van der Waals surface area contributed by atoms with E-state index in [1.807, 2.05) is 42.6 Å². The minimum atomic E-state index is -3.82. The van der Waals surface area contributed by atoms with Gasteiger partial charge in [-0.2, -0.15) is 0 Å². The average Bonchev–Trinajstić information content (AvgIpc) is 2.83. The molecule has 0 aliphatic carbocycles. The van der Waals surface area contributed by atoms with Crippen LogP contribution in [0.15, 0.2) is 84.0 Å². The summed E-state index contributed by atoms with van der Waals surface area (Å²) in [7, 11) is -3.82. The number of aryl methyl sites for hydroxylation is 2. The lowest BCUT2D eigenvalue weighted by Crippen LogP contribution is -2.27. The molecule has 0 spiro atoms. The van der Waals surface area contributed by atoms with Crippen molar-refractivity contribution in [1.82, 2.24) is 8.81 Å². The summed E-state index contributed by atoms with van der Waals surface area (Å²) in [6.45, 7) is 0.125. The van der Waals surface area contributed by atoms with Crippen LogP contribution in [0.2, 0.25) is 0 Å². The molecule has 3 aromatic rings. The van der Waals surface area contributed by atoms with Crippen LogP contribution in [0.4, 0.5) is 0 Å². The Morgan fingerprint density at radius 1 is 0.970 bits per heavy atom. The Kier molecular flexibility index (Phi) is 9.00. The highest BCUT2D eigenvalue weighted by Gasteiger charge is 2.26. The first-order valence-electron chi connectivity index (χ1n) is 10.8. The van der Waals surface area contributed by atoms with Crippen LogP contribution in [0.5, 0.6) is 0 Å². The van der Waals surface area contributed by atoms with E-state index in [-0.39, 0.29) is 23.8 Å². The van der Waals surface area contributed by atoms with Gasteiger partial charge in [-0.1, -0.05) is 48.5 Å². The van der Waals surface area contributed by atoms with Crippen molar-refractivity contribution in [1.29, 1.82) is 0 Å². The van der Waals surface area contributed by atoms with E-state index >= 15 is 0 Å². The van der Waals surface area contributed by atoms with Gasteiger partial charge in [0, 0.05) is 25.4 Å². The molecule has 6 nitrogen and oxygen atoms in total. The molecule has 1 heterocycles. The number of hydrogen-bond donors (Lipinski definition) is 1. The summed E-state index contributed by atoms with van der Waals surface area (Å²) in [6, 6.07) is 19.7. The van der Waals surface area contributed by atoms with Gasteiger partial charge in [-0.15, -0.1) is 3.82 Å². The fraction of sp³-hybridized carbons (Fsp3) is 0.280. The lowest BCUT2D eigenvalue weighted by molar-refractivity contribution is -0.136. The normalized spacial score (nSPS) is 12.5. The Hall–Kier alpha value is -2.74. The number of pyridine rings is 1. The highest BCUT2D eigenvalue weighted by molar-refractivity contribution is 7.90. The molecule has 0 saturated heterocycles. The molecule has 0 saturated carbocycles. The molecular weight excluding hydrogens is 460 g/mol. The third-order valence-electron chi connectivity index (χ3n) is 5.49. The molecule has 0 bridgehead atoms. The van der Waals surface area contributed by atoms with Gasteiger partial charge in [-0.05, 0) is 78.3 Å². The molecule has 0 amide bonds. The van der Waals surface area contributed by atoms with E-state index in [0.29, 0.717) is 6.42 Å². The molecule has 1 atom stereocenters. The number of halogens is 1. The monoisotopic (exact) mass is 486 g/mol. The zero-order chi connectivity index (χ0) is 23.7. The van der Waals surface area contributed by atoms with Gasteiger partial charge in [-0.25, -0.2) is 8.42 Å². The maximum atomic E-state index is 12.9. The van der Waals surface area contributed by atoms with Crippen molar-refractivity contribution in [3.05, 3.63) is 95.8 Å². The van der Waals surface area contributed by atoms with Crippen LogP contribution < -0.4 is 0 Å². The van der Waals surface area contributed by atoms with E-state index in [0.717, 1.165) is 39.8 Å². The molecule has 0 fully saturated rings. The van der Waals surface area contributed by atoms with Crippen LogP contribution in [0.25, 0.3) is 0 Å². The number of carbonyl (C=O) groups is 1. The maximum absolute atomic E-state index is 12.9. The third kappa shape index (κ3) is 7.39. The van der Waals surface area contributed by atoms with E-state index in [9.17, 15) is 13.2 Å². The van der Waals surface area contributed by atoms with Crippen molar-refractivity contribution in [2.75, 3.05) is 6.54 Å². The molecule has 0 aliphatic rings. The Bertz CT molecular complexity index is 1120. The lowest BCUT2D eigenvalue weighted by atomic mass is 9.92. The first kappa shape index (κ1) is 24.9. The fourth-order valence-electron chi connectivity index (χ4n) is 3.65. The van der Waals surface area contributed by atoms with Crippen LogP contribution in [-0.2, 0) is 27.7 Å². The topological polar surface area (TPSA) is 87.6 Å². The quantitative estimate of drug-likeness (QED) is 0.362. The minimum absolute atomic E-state index is 0.0681. The molecule has 0 aliphatic heterocycles. The highest BCUT2D eigenvalue weighted by atomic mass is 35.5. The third-order valence-corrected chi connectivity index (χ3v) is 7.71. The van der Waals surface area contributed by atoms with Crippen LogP contribution >= 0.6 is 11.8 Å². The van der Waals surface area contributed by atoms with Gasteiger partial charge in [0.1, 0.15) is 0 Å². The smallest absolute Gasteiger partial charge is 0.303 e. The number of carboxylic acid groups (broad SMARTS) is 1. The van der Waals surface area contributed by atoms with Gasteiger partial charge in [0.25, 0.3) is 10.0 Å². The van der Waals surface area contributed by atoms with Crippen LogP contribution in [0.1, 0.15) is 41.9 Å². The summed E-state index contributed by atoms with van der Waals surface area (Å²) in [4.78, 5) is 15.1. The zero-order valence-corrected chi connectivity index (χ0v) is 19.8. The Morgan fingerprint density at radius 2 is 1.70 bits per heavy atom. The fourth-order valence-corrected chi connectivity index (χ4v) is 5.16. The molecule has 3 rings (SSSR count). The standard InChI is InChI=1S/C25H27ClN2O4S/c26-28(33(31,32)24-9-2-1-3-10-24)19-23(8-4-6-21-7-5-17-27-18-21)22-14-11-20(12-15-22)13-16-25(29)30/h1-3,5,7,9-12,14-15,17-18,23H,4,6,8,13,16,19H2,(H,29,30). The number of benzene rings is 2. The highest BCUT2D eigenvalue weighted by Crippen LogP contribution is 2.28.